The van der Waals surface area contributed by atoms with Crippen LogP contribution >= 0.6 is 7.82 Å². The zero-order valence-corrected chi connectivity index (χ0v) is 6.58. The molecule has 0 aliphatic rings. The zero-order valence-electron chi connectivity index (χ0n) is 5.69. The predicted octanol–water partition coefficient (Wildman–Crippen LogP) is 0.198. The summed E-state index contributed by atoms with van der Waals surface area (Å²) in [5.74, 6) is -0.401. The molecule has 0 saturated heterocycles. The molecule has 1 unspecified atom stereocenters. The monoisotopic (exact) mass is 180 g/mol. The summed E-state index contributed by atoms with van der Waals surface area (Å²) >= 11 is 0. The maximum atomic E-state index is 10.6. The Morgan fingerprint density at radius 1 is 1.82 bits per heavy atom. The fraction of sp³-hybridized carbons (Fsp3) is 0. The van der Waals surface area contributed by atoms with Crippen molar-refractivity contribution in [1.29, 1.82) is 0 Å². The first-order chi connectivity index (χ1) is 4.98. The van der Waals surface area contributed by atoms with Gasteiger partial charge in [0.2, 0.25) is 0 Å². The summed E-state index contributed by atoms with van der Waals surface area (Å²) < 4.78 is 18.8. The van der Waals surface area contributed by atoms with Crippen LogP contribution in [0.4, 0.5) is 0 Å². The molecule has 64 valence electrons. The quantitative estimate of drug-likeness (QED) is 0.318. The summed E-state index contributed by atoms with van der Waals surface area (Å²) in [5.41, 5.74) is 6.79. The maximum absolute atomic E-state index is 10.6. The summed E-state index contributed by atoms with van der Waals surface area (Å²) in [6.07, 6.45) is 1.06. The number of rotatable bonds is 5. The van der Waals surface area contributed by atoms with Gasteiger partial charge in [0.05, 0.1) is 0 Å². The van der Waals surface area contributed by atoms with Crippen LogP contribution in [0.3, 0.4) is 0 Å². The van der Waals surface area contributed by atoms with Crippen LogP contribution in [0.15, 0.2) is 25.2 Å². The third kappa shape index (κ3) is 5.47. The van der Waals surface area contributed by atoms with E-state index in [1.54, 1.807) is 0 Å². The van der Waals surface area contributed by atoms with E-state index in [0.717, 1.165) is 6.20 Å². The highest BCUT2D eigenvalue weighted by Gasteiger charge is 2.22. The highest BCUT2D eigenvalue weighted by molar-refractivity contribution is 7.47. The van der Waals surface area contributed by atoms with Gasteiger partial charge in [-0.15, -0.1) is 0 Å². The fourth-order valence-electron chi connectivity index (χ4n) is 0.271. The predicted molar refractivity (Wildman–Crippen MR) is 38.7 cm³/mol. The van der Waals surface area contributed by atoms with Crippen molar-refractivity contribution >= 4 is 7.82 Å². The Morgan fingerprint density at radius 2 is 2.36 bits per heavy atom. The van der Waals surface area contributed by atoms with Gasteiger partial charge in [0.1, 0.15) is 0 Å². The van der Waals surface area contributed by atoms with Crippen molar-refractivity contribution < 1.29 is 18.6 Å². The van der Waals surface area contributed by atoms with Gasteiger partial charge in [-0.1, -0.05) is 6.58 Å². The minimum Gasteiger partial charge on any atom is -0.388 e. The van der Waals surface area contributed by atoms with Crippen molar-refractivity contribution in [3.05, 3.63) is 25.2 Å². The first kappa shape index (κ1) is 10.0. The van der Waals surface area contributed by atoms with Gasteiger partial charge in [-0.05, 0) is 6.58 Å². The largest absolute Gasteiger partial charge is 0.550 e. The molecule has 0 bridgehead atoms. The highest BCUT2D eigenvalue weighted by atomic mass is 31.2. The average molecular weight is 180 g/mol. The topological polar surface area (TPSA) is 93.8 Å². The van der Waals surface area contributed by atoms with E-state index in [1.807, 2.05) is 5.48 Å². The summed E-state index contributed by atoms with van der Waals surface area (Å²) in [5, 5.41) is 0. The molecule has 0 rings (SSSR count). The minimum absolute atomic E-state index is 0.401. The van der Waals surface area contributed by atoms with Gasteiger partial charge in [0, 0.05) is 6.20 Å². The normalized spacial score (nSPS) is 14.6. The van der Waals surface area contributed by atoms with Crippen LogP contribution in [0.25, 0.3) is 0 Å². The van der Waals surface area contributed by atoms with Gasteiger partial charge < -0.3 is 10.3 Å². The van der Waals surface area contributed by atoms with Crippen molar-refractivity contribution in [3.8, 4) is 0 Å². The lowest BCUT2D eigenvalue weighted by molar-refractivity contribution is 0.139. The smallest absolute Gasteiger partial charge is 0.388 e. The van der Waals surface area contributed by atoms with Gasteiger partial charge >= 0.3 is 7.82 Å². The van der Waals surface area contributed by atoms with Gasteiger partial charge in [-0.3, -0.25) is 10.4 Å². The van der Waals surface area contributed by atoms with Crippen molar-refractivity contribution in [2.24, 2.45) is 5.73 Å². The minimum atomic E-state index is -4.17. The van der Waals surface area contributed by atoms with Gasteiger partial charge in [0.25, 0.3) is 0 Å². The van der Waals surface area contributed by atoms with E-state index in [0.29, 0.717) is 0 Å². The summed E-state index contributed by atoms with van der Waals surface area (Å²) in [4.78, 5) is 8.68. The van der Waals surface area contributed by atoms with Gasteiger partial charge in [-0.25, -0.2) is 4.57 Å². The third-order valence-corrected chi connectivity index (χ3v) is 1.29. The Bertz CT molecular complexity index is 204. The molecular formula is C4H9N2O4P. The van der Waals surface area contributed by atoms with Crippen molar-refractivity contribution in [2.75, 3.05) is 0 Å². The molecule has 0 aromatic rings. The molecule has 0 radical (unpaired) electrons. The zero-order chi connectivity index (χ0) is 8.91. The van der Waals surface area contributed by atoms with Crippen LogP contribution in [0, 0.1) is 0 Å². The number of hydroxylamine groups is 1. The number of phosphoric ester groups is 1. The molecule has 0 aliphatic carbocycles. The van der Waals surface area contributed by atoms with E-state index in [1.165, 1.54) is 0 Å². The third-order valence-electron chi connectivity index (χ3n) is 0.484. The van der Waals surface area contributed by atoms with Crippen LogP contribution in [0.5, 0.6) is 0 Å². The molecule has 0 saturated carbocycles. The molecular weight excluding hydrogens is 171 g/mol. The molecule has 7 heteroatoms. The van der Waals surface area contributed by atoms with E-state index in [9.17, 15) is 4.57 Å². The molecule has 0 aromatic heterocycles. The van der Waals surface area contributed by atoms with Gasteiger partial charge in [-0.2, -0.15) is 4.62 Å². The highest BCUT2D eigenvalue weighted by Crippen LogP contribution is 2.42. The van der Waals surface area contributed by atoms with E-state index in [-0.39, 0.29) is 0 Å². The summed E-state index contributed by atoms with van der Waals surface area (Å²) in [6, 6.07) is 0. The number of hydrogen-bond acceptors (Lipinski definition) is 5. The summed E-state index contributed by atoms with van der Waals surface area (Å²) in [7, 11) is -4.17. The number of phosphoric acid groups is 1. The molecule has 0 heterocycles. The van der Waals surface area contributed by atoms with Crippen molar-refractivity contribution in [2.45, 2.75) is 0 Å². The second-order valence-corrected chi connectivity index (χ2v) is 2.74. The van der Waals surface area contributed by atoms with E-state index >= 15 is 0 Å². The molecule has 6 nitrogen and oxygen atoms in total. The van der Waals surface area contributed by atoms with Crippen molar-refractivity contribution in [3.63, 3.8) is 0 Å². The number of nitrogens with one attached hydrogen (secondary N) is 1. The van der Waals surface area contributed by atoms with Crippen LogP contribution < -0.4 is 11.2 Å². The lowest BCUT2D eigenvalue weighted by Crippen LogP contribution is -2.07. The average Bonchev–Trinajstić information content (AvgIpc) is 1.81. The van der Waals surface area contributed by atoms with E-state index in [4.69, 9.17) is 10.6 Å². The SMILES string of the molecule is C=CNOP(=O)(O)OC(=C)N. The molecule has 0 fully saturated rings. The first-order valence-corrected chi connectivity index (χ1v) is 3.99. The molecule has 0 amide bonds. The van der Waals surface area contributed by atoms with Crippen LogP contribution in [-0.2, 0) is 13.7 Å². The maximum Gasteiger partial charge on any atom is 0.550 e. The molecule has 0 aromatic carbocycles. The second-order valence-electron chi connectivity index (χ2n) is 1.44. The molecule has 0 aliphatic heterocycles. The van der Waals surface area contributed by atoms with Crippen LogP contribution in [-0.4, -0.2) is 4.89 Å². The van der Waals surface area contributed by atoms with E-state index in [2.05, 4.69) is 22.3 Å². The Hall–Kier alpha value is -0.970. The number of nitrogens with two attached hydrogens (primary N) is 1. The summed E-state index contributed by atoms with van der Waals surface area (Å²) in [6.45, 7) is 6.20. The van der Waals surface area contributed by atoms with Crippen LogP contribution in [0.1, 0.15) is 0 Å². The first-order valence-electron chi connectivity index (χ1n) is 2.50. The lowest BCUT2D eigenvalue weighted by Gasteiger charge is -2.10. The molecule has 11 heavy (non-hydrogen) atoms. The molecule has 0 spiro atoms. The molecule has 1 atom stereocenters. The van der Waals surface area contributed by atoms with Crippen molar-refractivity contribution in [1.82, 2.24) is 5.48 Å². The second kappa shape index (κ2) is 4.02. The van der Waals surface area contributed by atoms with Crippen LogP contribution in [0.2, 0.25) is 0 Å². The standard InChI is InChI=1S/C4H9N2O4P/c1-3-6-10-11(7,8)9-4(2)5/h3,6H,1-2,5H2,(H,7,8). The Balaban J connectivity index is 3.90. The Morgan fingerprint density at radius 3 is 2.73 bits per heavy atom. The Labute approximate surface area is 63.9 Å². The van der Waals surface area contributed by atoms with Gasteiger partial charge in [0.15, 0.2) is 5.88 Å². The number of hydrogen-bond donors (Lipinski definition) is 3. The lowest BCUT2D eigenvalue weighted by atomic mass is 11.0. The Kier molecular flexibility index (Phi) is 3.67. The fourth-order valence-corrected chi connectivity index (χ4v) is 0.812. The molecule has 4 N–H and O–H groups in total. The van der Waals surface area contributed by atoms with E-state index < -0.39 is 13.7 Å².